The quantitative estimate of drug-likeness (QED) is 0.867. The normalized spacial score (nSPS) is 18.3. The number of hydrogen-bond donors (Lipinski definition) is 2. The molecule has 0 aromatic heterocycles. The minimum Gasteiger partial charge on any atom is -0.490 e. The second kappa shape index (κ2) is 6.67. The SMILES string of the molecule is O=C1CC(C(=O)Nc2ccc3c(c2)OCCCO3)c2ccc(F)cc2N1. The van der Waals surface area contributed by atoms with Gasteiger partial charge < -0.3 is 20.1 Å². The third-order valence-corrected chi connectivity index (χ3v) is 4.39. The highest BCUT2D eigenvalue weighted by atomic mass is 19.1. The highest BCUT2D eigenvalue weighted by molar-refractivity contribution is 6.05. The van der Waals surface area contributed by atoms with Gasteiger partial charge >= 0.3 is 0 Å². The summed E-state index contributed by atoms with van der Waals surface area (Å²) in [6.45, 7) is 1.13. The molecule has 2 heterocycles. The van der Waals surface area contributed by atoms with Gasteiger partial charge in [-0.2, -0.15) is 0 Å². The summed E-state index contributed by atoms with van der Waals surface area (Å²) in [7, 11) is 0. The van der Waals surface area contributed by atoms with Gasteiger partial charge in [0.25, 0.3) is 0 Å². The molecule has 0 bridgehead atoms. The van der Waals surface area contributed by atoms with Crippen molar-refractivity contribution in [1.29, 1.82) is 0 Å². The van der Waals surface area contributed by atoms with Gasteiger partial charge in [0.2, 0.25) is 11.8 Å². The second-order valence-corrected chi connectivity index (χ2v) is 6.24. The number of fused-ring (bicyclic) bond motifs is 2. The molecule has 0 fully saturated rings. The molecular weight excluding hydrogens is 339 g/mol. The van der Waals surface area contributed by atoms with Gasteiger partial charge in [-0.25, -0.2) is 4.39 Å². The molecule has 2 amide bonds. The maximum absolute atomic E-state index is 13.4. The molecule has 1 atom stereocenters. The van der Waals surface area contributed by atoms with Crippen LogP contribution < -0.4 is 20.1 Å². The number of anilines is 2. The van der Waals surface area contributed by atoms with E-state index in [0.29, 0.717) is 41.7 Å². The summed E-state index contributed by atoms with van der Waals surface area (Å²) in [5.74, 6) is -0.588. The summed E-state index contributed by atoms with van der Waals surface area (Å²) in [4.78, 5) is 24.6. The van der Waals surface area contributed by atoms with Crippen LogP contribution in [-0.4, -0.2) is 25.0 Å². The first-order valence-corrected chi connectivity index (χ1v) is 8.40. The maximum Gasteiger partial charge on any atom is 0.232 e. The van der Waals surface area contributed by atoms with Crippen molar-refractivity contribution >= 4 is 23.2 Å². The third kappa shape index (κ3) is 3.20. The standard InChI is InChI=1S/C19H17FN2O4/c20-11-2-4-13-14(10-18(23)22-15(13)8-11)19(24)21-12-3-5-16-17(9-12)26-7-1-6-25-16/h2-5,8-9,14H,1,6-7,10H2,(H,21,24)(H,22,23). The van der Waals surface area contributed by atoms with E-state index in [1.165, 1.54) is 18.2 Å². The molecule has 2 aliphatic heterocycles. The van der Waals surface area contributed by atoms with Gasteiger partial charge in [-0.05, 0) is 29.8 Å². The lowest BCUT2D eigenvalue weighted by molar-refractivity contribution is -0.123. The zero-order valence-electron chi connectivity index (χ0n) is 13.9. The minimum absolute atomic E-state index is 0.00895. The predicted octanol–water partition coefficient (Wildman–Crippen LogP) is 3.05. The summed E-state index contributed by atoms with van der Waals surface area (Å²) in [5.41, 5.74) is 1.48. The van der Waals surface area contributed by atoms with Gasteiger partial charge in [-0.1, -0.05) is 6.07 Å². The Morgan fingerprint density at radius 1 is 1.12 bits per heavy atom. The second-order valence-electron chi connectivity index (χ2n) is 6.24. The van der Waals surface area contributed by atoms with E-state index in [1.54, 1.807) is 18.2 Å². The van der Waals surface area contributed by atoms with Gasteiger partial charge in [-0.3, -0.25) is 9.59 Å². The summed E-state index contributed by atoms with van der Waals surface area (Å²) in [6.07, 6.45) is 0.802. The zero-order valence-corrected chi connectivity index (χ0v) is 13.9. The smallest absolute Gasteiger partial charge is 0.232 e. The monoisotopic (exact) mass is 356 g/mol. The van der Waals surface area contributed by atoms with Crippen molar-refractivity contribution in [3.8, 4) is 11.5 Å². The number of nitrogens with one attached hydrogen (secondary N) is 2. The number of carbonyl (C=O) groups excluding carboxylic acids is 2. The first-order valence-electron chi connectivity index (χ1n) is 8.40. The molecule has 2 aliphatic rings. The van der Waals surface area contributed by atoms with Crippen molar-refractivity contribution in [3.05, 3.63) is 47.8 Å². The van der Waals surface area contributed by atoms with Crippen molar-refractivity contribution in [2.75, 3.05) is 23.8 Å². The molecule has 134 valence electrons. The fourth-order valence-electron chi connectivity index (χ4n) is 3.14. The van der Waals surface area contributed by atoms with Crippen LogP contribution in [0.25, 0.3) is 0 Å². The number of halogens is 1. The molecule has 0 radical (unpaired) electrons. The van der Waals surface area contributed by atoms with Crippen LogP contribution in [0.15, 0.2) is 36.4 Å². The first-order chi connectivity index (χ1) is 12.6. The molecule has 0 saturated heterocycles. The van der Waals surface area contributed by atoms with Crippen molar-refractivity contribution in [1.82, 2.24) is 0 Å². The molecule has 0 spiro atoms. The van der Waals surface area contributed by atoms with Gasteiger partial charge in [0.05, 0.1) is 19.1 Å². The zero-order chi connectivity index (χ0) is 18.1. The van der Waals surface area contributed by atoms with Crippen molar-refractivity contribution in [2.45, 2.75) is 18.8 Å². The Hall–Kier alpha value is -3.09. The molecule has 0 saturated carbocycles. The van der Waals surface area contributed by atoms with Crippen LogP contribution in [0.2, 0.25) is 0 Å². The Balaban J connectivity index is 1.57. The molecule has 4 rings (SSSR count). The van der Waals surface area contributed by atoms with Crippen molar-refractivity contribution in [3.63, 3.8) is 0 Å². The van der Waals surface area contributed by atoms with Gasteiger partial charge in [0.1, 0.15) is 5.82 Å². The summed E-state index contributed by atoms with van der Waals surface area (Å²) < 4.78 is 24.6. The number of rotatable bonds is 2. The number of amides is 2. The molecule has 2 N–H and O–H groups in total. The minimum atomic E-state index is -0.685. The van der Waals surface area contributed by atoms with Crippen LogP contribution in [0, 0.1) is 5.82 Å². The molecule has 6 nitrogen and oxygen atoms in total. The molecule has 26 heavy (non-hydrogen) atoms. The van der Waals surface area contributed by atoms with E-state index in [2.05, 4.69) is 10.6 Å². The fourth-order valence-corrected chi connectivity index (χ4v) is 3.14. The van der Waals surface area contributed by atoms with E-state index >= 15 is 0 Å². The number of benzene rings is 2. The Bertz CT molecular complexity index is 884. The van der Waals surface area contributed by atoms with E-state index in [9.17, 15) is 14.0 Å². The van der Waals surface area contributed by atoms with Gasteiger partial charge in [0, 0.05) is 30.3 Å². The summed E-state index contributed by atoms with van der Waals surface area (Å²) in [5, 5.41) is 5.41. The molecule has 7 heteroatoms. The van der Waals surface area contributed by atoms with Gasteiger partial charge in [0.15, 0.2) is 11.5 Å². The number of hydrogen-bond acceptors (Lipinski definition) is 4. The van der Waals surface area contributed by atoms with Crippen LogP contribution in [0.1, 0.15) is 24.3 Å². The van der Waals surface area contributed by atoms with Crippen molar-refractivity contribution < 1.29 is 23.5 Å². The Morgan fingerprint density at radius 2 is 1.92 bits per heavy atom. The van der Waals surface area contributed by atoms with Crippen LogP contribution >= 0.6 is 0 Å². The van der Waals surface area contributed by atoms with Crippen molar-refractivity contribution in [2.24, 2.45) is 0 Å². The predicted molar refractivity (Wildman–Crippen MR) is 93.1 cm³/mol. The van der Waals surface area contributed by atoms with Crippen LogP contribution in [0.3, 0.4) is 0 Å². The van der Waals surface area contributed by atoms with E-state index in [4.69, 9.17) is 9.47 Å². The third-order valence-electron chi connectivity index (χ3n) is 4.39. The lowest BCUT2D eigenvalue weighted by atomic mass is 9.89. The molecular formula is C19H17FN2O4. The topological polar surface area (TPSA) is 76.7 Å². The first kappa shape index (κ1) is 16.4. The molecule has 2 aromatic rings. The van der Waals surface area contributed by atoms with E-state index in [-0.39, 0.29) is 18.2 Å². The number of ether oxygens (including phenoxy) is 2. The Labute approximate surface area is 149 Å². The molecule has 2 aromatic carbocycles. The van der Waals surface area contributed by atoms with Gasteiger partial charge in [-0.15, -0.1) is 0 Å². The summed E-state index contributed by atoms with van der Waals surface area (Å²) >= 11 is 0. The van der Waals surface area contributed by atoms with Crippen LogP contribution in [0.5, 0.6) is 11.5 Å². The average molecular weight is 356 g/mol. The maximum atomic E-state index is 13.4. The lowest BCUT2D eigenvalue weighted by Crippen LogP contribution is -2.30. The summed E-state index contributed by atoms with van der Waals surface area (Å²) in [6, 6.07) is 9.20. The number of carbonyl (C=O) groups is 2. The highest BCUT2D eigenvalue weighted by Gasteiger charge is 2.31. The van der Waals surface area contributed by atoms with Crippen LogP contribution in [0.4, 0.5) is 15.8 Å². The Kier molecular flexibility index (Phi) is 4.20. The highest BCUT2D eigenvalue weighted by Crippen LogP contribution is 2.35. The van der Waals surface area contributed by atoms with Crippen LogP contribution in [-0.2, 0) is 9.59 Å². The van der Waals surface area contributed by atoms with E-state index in [0.717, 1.165) is 6.42 Å². The Morgan fingerprint density at radius 3 is 2.77 bits per heavy atom. The average Bonchev–Trinajstić information content (AvgIpc) is 2.85. The molecule has 1 unspecified atom stereocenters. The van der Waals surface area contributed by atoms with E-state index in [1.807, 2.05) is 0 Å². The van der Waals surface area contributed by atoms with E-state index < -0.39 is 11.7 Å². The largest absolute Gasteiger partial charge is 0.490 e. The fraction of sp³-hybridized carbons (Fsp3) is 0.263. The molecule has 0 aliphatic carbocycles. The lowest BCUT2D eigenvalue weighted by Gasteiger charge is -2.25.